The number of aryl methyl sites for hydroxylation is 1. The topological polar surface area (TPSA) is 119 Å². The molecule has 9 nitrogen and oxygen atoms in total. The van der Waals surface area contributed by atoms with Crippen molar-refractivity contribution < 1.29 is 14.7 Å². The van der Waals surface area contributed by atoms with Crippen molar-refractivity contribution in [2.24, 2.45) is 0 Å². The first-order chi connectivity index (χ1) is 15.5. The molecule has 0 saturated carbocycles. The molecule has 1 aromatic heterocycles. The SMILES string of the molecule is Cc1ccc(O)cc1C(=O)Nc1cnc(Nc2ccc(C(=O)N3CCNCC3)cc2)nc1. The van der Waals surface area contributed by atoms with Crippen LogP contribution in [0.15, 0.2) is 54.9 Å². The van der Waals surface area contributed by atoms with Gasteiger partial charge in [0.25, 0.3) is 11.8 Å². The Hall–Kier alpha value is -3.98. The summed E-state index contributed by atoms with van der Waals surface area (Å²) in [4.78, 5) is 35.3. The van der Waals surface area contributed by atoms with Gasteiger partial charge < -0.3 is 26.0 Å². The van der Waals surface area contributed by atoms with Crippen LogP contribution in [0, 0.1) is 6.92 Å². The van der Waals surface area contributed by atoms with Crippen LogP contribution in [0.2, 0.25) is 0 Å². The summed E-state index contributed by atoms with van der Waals surface area (Å²) < 4.78 is 0. The van der Waals surface area contributed by atoms with Crippen molar-refractivity contribution in [3.8, 4) is 5.75 Å². The minimum Gasteiger partial charge on any atom is -0.508 e. The van der Waals surface area contributed by atoms with Gasteiger partial charge in [-0.15, -0.1) is 0 Å². The number of aromatic nitrogens is 2. The molecule has 0 bridgehead atoms. The lowest BCUT2D eigenvalue weighted by Gasteiger charge is -2.27. The van der Waals surface area contributed by atoms with Crippen LogP contribution >= 0.6 is 0 Å². The van der Waals surface area contributed by atoms with Gasteiger partial charge in [0.15, 0.2) is 0 Å². The van der Waals surface area contributed by atoms with E-state index in [0.717, 1.165) is 24.3 Å². The maximum absolute atomic E-state index is 12.5. The smallest absolute Gasteiger partial charge is 0.256 e. The zero-order valence-electron chi connectivity index (χ0n) is 17.6. The van der Waals surface area contributed by atoms with E-state index in [-0.39, 0.29) is 17.6 Å². The second kappa shape index (κ2) is 9.44. The maximum Gasteiger partial charge on any atom is 0.256 e. The summed E-state index contributed by atoms with van der Waals surface area (Å²) in [6.45, 7) is 4.83. The first-order valence-electron chi connectivity index (χ1n) is 10.3. The van der Waals surface area contributed by atoms with Crippen molar-refractivity contribution in [2.45, 2.75) is 6.92 Å². The molecule has 4 rings (SSSR count). The fourth-order valence-electron chi connectivity index (χ4n) is 3.39. The number of nitrogens with one attached hydrogen (secondary N) is 3. The van der Waals surface area contributed by atoms with Gasteiger partial charge >= 0.3 is 0 Å². The van der Waals surface area contributed by atoms with Crippen molar-refractivity contribution in [1.29, 1.82) is 0 Å². The Kier molecular flexibility index (Phi) is 6.27. The van der Waals surface area contributed by atoms with Crippen molar-refractivity contribution in [1.82, 2.24) is 20.2 Å². The van der Waals surface area contributed by atoms with Gasteiger partial charge in [0.05, 0.1) is 18.1 Å². The van der Waals surface area contributed by atoms with Crippen LogP contribution in [-0.4, -0.2) is 58.0 Å². The molecule has 0 aliphatic carbocycles. The number of carbonyl (C=O) groups is 2. The molecule has 32 heavy (non-hydrogen) atoms. The second-order valence-electron chi connectivity index (χ2n) is 7.49. The second-order valence-corrected chi connectivity index (χ2v) is 7.49. The Balaban J connectivity index is 1.36. The van der Waals surface area contributed by atoms with Crippen LogP contribution in [-0.2, 0) is 0 Å². The van der Waals surface area contributed by atoms with Crippen LogP contribution < -0.4 is 16.0 Å². The third-order valence-electron chi connectivity index (χ3n) is 5.17. The molecule has 1 fully saturated rings. The number of benzene rings is 2. The molecule has 4 N–H and O–H groups in total. The number of piperazine rings is 1. The van der Waals surface area contributed by atoms with Gasteiger partial charge in [0.1, 0.15) is 5.75 Å². The third kappa shape index (κ3) is 5.01. The first kappa shape index (κ1) is 21.3. The van der Waals surface area contributed by atoms with E-state index in [1.165, 1.54) is 24.5 Å². The fourth-order valence-corrected chi connectivity index (χ4v) is 3.39. The van der Waals surface area contributed by atoms with Crippen molar-refractivity contribution in [3.63, 3.8) is 0 Å². The predicted octanol–water partition coefficient (Wildman–Crippen LogP) is 2.53. The monoisotopic (exact) mass is 432 g/mol. The standard InChI is InChI=1S/C23H24N6O3/c1-15-2-7-19(30)12-20(15)21(31)27-18-13-25-23(26-14-18)28-17-5-3-16(4-6-17)22(32)29-10-8-24-9-11-29/h2-7,12-14,24,30H,8-11H2,1H3,(H,27,31)(H,25,26,28). The number of amides is 2. The predicted molar refractivity (Wildman–Crippen MR) is 121 cm³/mol. The van der Waals surface area contributed by atoms with E-state index in [4.69, 9.17) is 0 Å². The highest BCUT2D eigenvalue weighted by Gasteiger charge is 2.17. The Morgan fingerprint density at radius 3 is 2.38 bits per heavy atom. The van der Waals surface area contributed by atoms with E-state index < -0.39 is 0 Å². The summed E-state index contributed by atoms with van der Waals surface area (Å²) in [6.07, 6.45) is 2.99. The summed E-state index contributed by atoms with van der Waals surface area (Å²) >= 11 is 0. The minimum atomic E-state index is -0.354. The van der Waals surface area contributed by atoms with E-state index in [2.05, 4.69) is 25.9 Å². The van der Waals surface area contributed by atoms with Gasteiger partial charge in [-0.3, -0.25) is 9.59 Å². The molecule has 0 atom stereocenters. The molecule has 1 aliphatic heterocycles. The molecule has 3 aromatic rings. The molecule has 1 aliphatic rings. The van der Waals surface area contributed by atoms with Crippen LogP contribution in [0.4, 0.5) is 17.3 Å². The molecule has 0 radical (unpaired) electrons. The van der Waals surface area contributed by atoms with Crippen LogP contribution in [0.1, 0.15) is 26.3 Å². The summed E-state index contributed by atoms with van der Waals surface area (Å²) in [5, 5.41) is 18.6. The molecule has 1 saturated heterocycles. The van der Waals surface area contributed by atoms with E-state index in [0.29, 0.717) is 35.9 Å². The highest BCUT2D eigenvalue weighted by atomic mass is 16.3. The zero-order valence-corrected chi connectivity index (χ0v) is 17.6. The van der Waals surface area contributed by atoms with E-state index in [1.54, 1.807) is 37.3 Å². The first-order valence-corrected chi connectivity index (χ1v) is 10.3. The molecular weight excluding hydrogens is 408 g/mol. The van der Waals surface area contributed by atoms with Crippen molar-refractivity contribution >= 4 is 29.1 Å². The molecule has 0 spiro atoms. The van der Waals surface area contributed by atoms with Gasteiger partial charge in [-0.2, -0.15) is 0 Å². The van der Waals surface area contributed by atoms with Crippen molar-refractivity contribution in [3.05, 3.63) is 71.5 Å². The molecule has 2 heterocycles. The van der Waals surface area contributed by atoms with Gasteiger partial charge in [-0.05, 0) is 48.9 Å². The Morgan fingerprint density at radius 2 is 1.69 bits per heavy atom. The molecular formula is C23H24N6O3. The quantitative estimate of drug-likeness (QED) is 0.489. The van der Waals surface area contributed by atoms with Gasteiger partial charge in [0, 0.05) is 43.0 Å². The molecule has 164 valence electrons. The van der Waals surface area contributed by atoms with Crippen molar-refractivity contribution in [2.75, 3.05) is 36.8 Å². The number of hydrogen-bond acceptors (Lipinski definition) is 7. The Morgan fingerprint density at radius 1 is 1.00 bits per heavy atom. The molecule has 2 amide bonds. The van der Waals surface area contributed by atoms with Crippen LogP contribution in [0.5, 0.6) is 5.75 Å². The lowest BCUT2D eigenvalue weighted by Crippen LogP contribution is -2.46. The van der Waals surface area contributed by atoms with E-state index in [1.807, 2.05) is 4.90 Å². The average molecular weight is 432 g/mol. The number of carbonyl (C=O) groups excluding carboxylic acids is 2. The van der Waals surface area contributed by atoms with Gasteiger partial charge in [-0.25, -0.2) is 9.97 Å². The summed E-state index contributed by atoms with van der Waals surface area (Å²) in [5.41, 5.74) is 2.94. The largest absolute Gasteiger partial charge is 0.508 e. The number of aromatic hydroxyl groups is 1. The maximum atomic E-state index is 12.5. The number of nitrogens with zero attached hydrogens (tertiary/aromatic N) is 3. The zero-order chi connectivity index (χ0) is 22.5. The number of anilines is 3. The minimum absolute atomic E-state index is 0.0244. The normalized spacial score (nSPS) is 13.5. The highest BCUT2D eigenvalue weighted by molar-refractivity contribution is 6.05. The Bertz CT molecular complexity index is 1110. The number of hydrogen-bond donors (Lipinski definition) is 4. The number of phenols is 1. The molecule has 0 unspecified atom stereocenters. The van der Waals surface area contributed by atoms with Gasteiger partial charge in [0.2, 0.25) is 5.95 Å². The number of phenolic OH excluding ortho intramolecular Hbond substituents is 1. The number of rotatable bonds is 5. The molecule has 9 heteroatoms. The average Bonchev–Trinajstić information content (AvgIpc) is 2.82. The lowest BCUT2D eigenvalue weighted by atomic mass is 10.1. The lowest BCUT2D eigenvalue weighted by molar-refractivity contribution is 0.0735. The Labute approximate surface area is 185 Å². The molecule has 2 aromatic carbocycles. The third-order valence-corrected chi connectivity index (χ3v) is 5.17. The van der Waals surface area contributed by atoms with E-state index >= 15 is 0 Å². The summed E-state index contributed by atoms with van der Waals surface area (Å²) in [7, 11) is 0. The van der Waals surface area contributed by atoms with E-state index in [9.17, 15) is 14.7 Å². The summed E-state index contributed by atoms with van der Waals surface area (Å²) in [6, 6.07) is 11.8. The van der Waals surface area contributed by atoms with Crippen LogP contribution in [0.25, 0.3) is 0 Å². The van der Waals surface area contributed by atoms with Crippen LogP contribution in [0.3, 0.4) is 0 Å². The fraction of sp³-hybridized carbons (Fsp3) is 0.217. The van der Waals surface area contributed by atoms with Gasteiger partial charge in [-0.1, -0.05) is 6.07 Å². The summed E-state index contributed by atoms with van der Waals surface area (Å²) in [5.74, 6) is 0.0544. The highest BCUT2D eigenvalue weighted by Crippen LogP contribution is 2.19.